The number of aromatic nitrogens is 2. The average Bonchev–Trinajstić information content (AvgIpc) is 2.96. The molecule has 0 bridgehead atoms. The molecule has 4 N–H and O–H groups in total. The highest BCUT2D eigenvalue weighted by molar-refractivity contribution is 6.00. The molecule has 0 unspecified atom stereocenters. The van der Waals surface area contributed by atoms with Crippen LogP contribution in [0.25, 0.3) is 0 Å². The van der Waals surface area contributed by atoms with E-state index in [1.165, 1.54) is 0 Å². The van der Waals surface area contributed by atoms with Crippen molar-refractivity contribution in [1.82, 2.24) is 9.55 Å². The van der Waals surface area contributed by atoms with Crippen LogP contribution < -0.4 is 16.2 Å². The standard InChI is InChI=1S/C13H16N6O/c1-20-11-4-2-10(3-5-11)12(17-18-13(14)15)8-19-7-6-16-9-19/h2-7,9H,8H2,1H3,(H4,14,15,18)/b17-12+. The van der Waals surface area contributed by atoms with E-state index in [2.05, 4.69) is 15.2 Å². The van der Waals surface area contributed by atoms with Crippen molar-refractivity contribution >= 4 is 11.7 Å². The monoisotopic (exact) mass is 272 g/mol. The third-order valence-electron chi connectivity index (χ3n) is 2.60. The Hall–Kier alpha value is -2.83. The van der Waals surface area contributed by atoms with Gasteiger partial charge in [0.15, 0.2) is 0 Å². The summed E-state index contributed by atoms with van der Waals surface area (Å²) in [5.74, 6) is 0.694. The lowest BCUT2D eigenvalue weighted by Gasteiger charge is -2.07. The summed E-state index contributed by atoms with van der Waals surface area (Å²) in [5.41, 5.74) is 12.3. The van der Waals surface area contributed by atoms with Crippen molar-refractivity contribution in [2.75, 3.05) is 7.11 Å². The molecule has 7 nitrogen and oxygen atoms in total. The number of benzene rings is 1. The first-order chi connectivity index (χ1) is 9.69. The molecule has 104 valence electrons. The zero-order chi connectivity index (χ0) is 14.4. The first-order valence-electron chi connectivity index (χ1n) is 5.94. The molecule has 0 spiro atoms. The van der Waals surface area contributed by atoms with Gasteiger partial charge in [-0.2, -0.15) is 0 Å². The van der Waals surface area contributed by atoms with Crippen molar-refractivity contribution in [2.45, 2.75) is 6.54 Å². The molecule has 1 aromatic heterocycles. The first-order valence-corrected chi connectivity index (χ1v) is 5.94. The van der Waals surface area contributed by atoms with Crippen LogP contribution in [0.5, 0.6) is 5.75 Å². The number of methoxy groups -OCH3 is 1. The van der Waals surface area contributed by atoms with Crippen LogP contribution >= 0.6 is 0 Å². The highest BCUT2D eigenvalue weighted by atomic mass is 16.5. The molecule has 0 fully saturated rings. The van der Waals surface area contributed by atoms with E-state index >= 15 is 0 Å². The summed E-state index contributed by atoms with van der Waals surface area (Å²) in [5, 5.41) is 7.81. The lowest BCUT2D eigenvalue weighted by atomic mass is 10.1. The van der Waals surface area contributed by atoms with Crippen LogP contribution in [-0.2, 0) is 6.54 Å². The third kappa shape index (κ3) is 3.58. The van der Waals surface area contributed by atoms with Crippen molar-refractivity contribution in [2.24, 2.45) is 21.7 Å². The van der Waals surface area contributed by atoms with Gasteiger partial charge >= 0.3 is 0 Å². The minimum Gasteiger partial charge on any atom is -0.497 e. The average molecular weight is 272 g/mol. The predicted molar refractivity (Wildman–Crippen MR) is 77.6 cm³/mol. The van der Waals surface area contributed by atoms with Gasteiger partial charge in [0.2, 0.25) is 5.96 Å². The zero-order valence-electron chi connectivity index (χ0n) is 11.1. The lowest BCUT2D eigenvalue weighted by molar-refractivity contribution is 0.415. The minimum atomic E-state index is -0.0818. The molecule has 1 heterocycles. The zero-order valence-corrected chi connectivity index (χ0v) is 11.1. The molecule has 0 aliphatic carbocycles. The lowest BCUT2D eigenvalue weighted by Crippen LogP contribution is -2.22. The number of ether oxygens (including phenoxy) is 1. The maximum absolute atomic E-state index is 5.32. The molecule has 1 aromatic carbocycles. The van der Waals surface area contributed by atoms with E-state index in [1.807, 2.05) is 35.0 Å². The van der Waals surface area contributed by atoms with Crippen molar-refractivity contribution < 1.29 is 4.74 Å². The summed E-state index contributed by atoms with van der Waals surface area (Å²) < 4.78 is 7.01. The van der Waals surface area contributed by atoms with Crippen LogP contribution in [0.2, 0.25) is 0 Å². The number of guanidine groups is 1. The highest BCUT2D eigenvalue weighted by Gasteiger charge is 2.05. The molecular weight excluding hydrogens is 256 g/mol. The Morgan fingerprint density at radius 1 is 1.25 bits per heavy atom. The molecule has 0 saturated heterocycles. The summed E-state index contributed by atoms with van der Waals surface area (Å²) in [7, 11) is 1.62. The molecule has 7 heteroatoms. The molecule has 2 aromatic rings. The number of hydrogen-bond donors (Lipinski definition) is 2. The van der Waals surface area contributed by atoms with Crippen LogP contribution in [0.15, 0.2) is 53.2 Å². The van der Waals surface area contributed by atoms with E-state index in [0.717, 1.165) is 17.0 Å². The molecular formula is C13H16N6O. The molecule has 0 saturated carbocycles. The Labute approximate surface area is 116 Å². The van der Waals surface area contributed by atoms with Gasteiger partial charge in [0.1, 0.15) is 5.75 Å². The van der Waals surface area contributed by atoms with Gasteiger partial charge < -0.3 is 20.8 Å². The molecule has 2 rings (SSSR count). The van der Waals surface area contributed by atoms with Gasteiger partial charge in [-0.05, 0) is 29.8 Å². The molecule has 20 heavy (non-hydrogen) atoms. The number of imidazole rings is 1. The van der Waals surface area contributed by atoms with Gasteiger partial charge in [-0.1, -0.05) is 0 Å². The fourth-order valence-corrected chi connectivity index (χ4v) is 1.64. The second kappa shape index (κ2) is 6.37. The van der Waals surface area contributed by atoms with Gasteiger partial charge in [0.25, 0.3) is 0 Å². The quantitative estimate of drug-likeness (QED) is 0.471. The molecule has 0 aliphatic heterocycles. The van der Waals surface area contributed by atoms with Crippen molar-refractivity contribution in [3.8, 4) is 5.75 Å². The summed E-state index contributed by atoms with van der Waals surface area (Å²) in [6.07, 6.45) is 5.25. The Bertz CT molecular complexity index is 596. The molecule has 0 aliphatic rings. The molecule has 0 atom stereocenters. The van der Waals surface area contributed by atoms with Crippen LogP contribution in [0.3, 0.4) is 0 Å². The fraction of sp³-hybridized carbons (Fsp3) is 0.154. The van der Waals surface area contributed by atoms with Gasteiger partial charge in [0.05, 0.1) is 25.7 Å². The van der Waals surface area contributed by atoms with Gasteiger partial charge in [-0.3, -0.25) is 0 Å². The topological polar surface area (TPSA) is 104 Å². The fourth-order valence-electron chi connectivity index (χ4n) is 1.64. The Balaban J connectivity index is 2.29. The van der Waals surface area contributed by atoms with Crippen molar-refractivity contribution in [3.63, 3.8) is 0 Å². The second-order valence-corrected chi connectivity index (χ2v) is 4.04. The summed E-state index contributed by atoms with van der Waals surface area (Å²) in [6.45, 7) is 0.517. The summed E-state index contributed by atoms with van der Waals surface area (Å²) in [6, 6.07) is 7.51. The summed E-state index contributed by atoms with van der Waals surface area (Å²) >= 11 is 0. The normalized spacial score (nSPS) is 11.2. The summed E-state index contributed by atoms with van der Waals surface area (Å²) in [4.78, 5) is 3.99. The third-order valence-corrected chi connectivity index (χ3v) is 2.60. The largest absolute Gasteiger partial charge is 0.497 e. The van der Waals surface area contributed by atoms with E-state index in [1.54, 1.807) is 19.6 Å². The first kappa shape index (κ1) is 13.6. The number of hydrogen-bond acceptors (Lipinski definition) is 4. The smallest absolute Gasteiger partial charge is 0.211 e. The van der Waals surface area contributed by atoms with E-state index < -0.39 is 0 Å². The SMILES string of the molecule is COc1ccc(/C(Cn2ccnc2)=N/N=C(N)N)cc1. The molecule has 0 radical (unpaired) electrons. The highest BCUT2D eigenvalue weighted by Crippen LogP contribution is 2.13. The van der Waals surface area contributed by atoms with Crippen molar-refractivity contribution in [3.05, 3.63) is 48.5 Å². The van der Waals surface area contributed by atoms with Crippen LogP contribution in [0.1, 0.15) is 5.56 Å². The number of nitrogens with zero attached hydrogens (tertiary/aromatic N) is 4. The van der Waals surface area contributed by atoms with Gasteiger partial charge in [-0.25, -0.2) is 4.98 Å². The Morgan fingerprint density at radius 2 is 2.00 bits per heavy atom. The maximum atomic E-state index is 5.32. The van der Waals surface area contributed by atoms with Crippen LogP contribution in [0, 0.1) is 0 Å². The van der Waals surface area contributed by atoms with Crippen LogP contribution in [-0.4, -0.2) is 28.3 Å². The number of nitrogens with two attached hydrogens (primary N) is 2. The van der Waals surface area contributed by atoms with E-state index in [-0.39, 0.29) is 5.96 Å². The second-order valence-electron chi connectivity index (χ2n) is 4.04. The van der Waals surface area contributed by atoms with Crippen molar-refractivity contribution in [1.29, 1.82) is 0 Å². The van der Waals surface area contributed by atoms with Crippen LogP contribution in [0.4, 0.5) is 0 Å². The van der Waals surface area contributed by atoms with Gasteiger partial charge in [0, 0.05) is 12.4 Å². The van der Waals surface area contributed by atoms with E-state index in [9.17, 15) is 0 Å². The van der Waals surface area contributed by atoms with Gasteiger partial charge in [-0.15, -0.1) is 10.2 Å². The molecule has 0 amide bonds. The van der Waals surface area contributed by atoms with E-state index in [4.69, 9.17) is 16.2 Å². The Morgan fingerprint density at radius 3 is 2.55 bits per heavy atom. The Kier molecular flexibility index (Phi) is 4.33. The maximum Gasteiger partial charge on any atom is 0.211 e. The predicted octanol–water partition coefficient (Wildman–Crippen LogP) is 0.569. The number of rotatable bonds is 5. The van der Waals surface area contributed by atoms with E-state index in [0.29, 0.717) is 6.54 Å². The minimum absolute atomic E-state index is 0.0818.